The quantitative estimate of drug-likeness (QED) is 0.458. The first-order valence-electron chi connectivity index (χ1n) is 9.35. The normalized spacial score (nSPS) is 11.8. The van der Waals surface area contributed by atoms with E-state index >= 15 is 0 Å². The average molecular weight is 475 g/mol. The first kappa shape index (κ1) is 21.4. The van der Waals surface area contributed by atoms with E-state index in [1.165, 1.54) is 11.8 Å². The molecule has 29 heavy (non-hydrogen) atoms. The summed E-state index contributed by atoms with van der Waals surface area (Å²) in [5, 5.41) is 12.2. The smallest absolute Gasteiger partial charge is 0.230 e. The summed E-state index contributed by atoms with van der Waals surface area (Å²) in [6, 6.07) is 17.5. The Morgan fingerprint density at radius 2 is 1.90 bits per heavy atom. The lowest BCUT2D eigenvalue weighted by Crippen LogP contribution is -2.24. The SMILES string of the molecule is CCn1c(SCC(=O)NCc2ccccc2)nnc1C(C)Oc1ccc(Br)cc1. The fraction of sp³-hybridized carbons (Fsp3) is 0.286. The highest BCUT2D eigenvalue weighted by molar-refractivity contribution is 9.10. The molecule has 1 heterocycles. The molecule has 2 aromatic carbocycles. The van der Waals surface area contributed by atoms with Crippen molar-refractivity contribution in [3.05, 3.63) is 70.5 Å². The molecule has 0 radical (unpaired) electrons. The molecule has 6 nitrogen and oxygen atoms in total. The molecule has 8 heteroatoms. The standard InChI is InChI=1S/C21H23BrN4O2S/c1-3-26-20(15(2)28-18-11-9-17(22)10-12-18)24-25-21(26)29-14-19(27)23-13-16-7-5-4-6-8-16/h4-12,15H,3,13-14H2,1-2H3,(H,23,27). The molecule has 0 aliphatic rings. The second kappa shape index (κ2) is 10.5. The van der Waals surface area contributed by atoms with E-state index in [-0.39, 0.29) is 17.8 Å². The maximum absolute atomic E-state index is 12.2. The number of thioether (sulfide) groups is 1. The van der Waals surface area contributed by atoms with Gasteiger partial charge in [0.05, 0.1) is 5.75 Å². The molecule has 0 fully saturated rings. The lowest BCUT2D eigenvalue weighted by atomic mass is 10.2. The Kier molecular flexibility index (Phi) is 7.71. The van der Waals surface area contributed by atoms with Crippen molar-refractivity contribution in [1.29, 1.82) is 0 Å². The number of carbonyl (C=O) groups is 1. The van der Waals surface area contributed by atoms with Crippen LogP contribution in [0.2, 0.25) is 0 Å². The van der Waals surface area contributed by atoms with Gasteiger partial charge in [0.2, 0.25) is 5.91 Å². The van der Waals surface area contributed by atoms with Gasteiger partial charge in [-0.25, -0.2) is 0 Å². The van der Waals surface area contributed by atoms with Crippen molar-refractivity contribution < 1.29 is 9.53 Å². The van der Waals surface area contributed by atoms with E-state index in [1.807, 2.05) is 73.0 Å². The van der Waals surface area contributed by atoms with Crippen molar-refractivity contribution in [2.24, 2.45) is 0 Å². The third-order valence-electron chi connectivity index (χ3n) is 4.22. The van der Waals surface area contributed by atoms with Gasteiger partial charge in [-0.1, -0.05) is 58.0 Å². The van der Waals surface area contributed by atoms with E-state index < -0.39 is 0 Å². The van der Waals surface area contributed by atoms with Gasteiger partial charge in [0.15, 0.2) is 17.1 Å². The molecule has 1 aromatic heterocycles. The Hall–Kier alpha value is -2.32. The topological polar surface area (TPSA) is 69.0 Å². The highest BCUT2D eigenvalue weighted by Crippen LogP contribution is 2.25. The number of rotatable bonds is 9. The maximum Gasteiger partial charge on any atom is 0.230 e. The number of hydrogen-bond donors (Lipinski definition) is 1. The van der Waals surface area contributed by atoms with Crippen LogP contribution in [0.4, 0.5) is 0 Å². The Morgan fingerprint density at radius 1 is 1.17 bits per heavy atom. The number of halogens is 1. The van der Waals surface area contributed by atoms with Crippen LogP contribution < -0.4 is 10.1 Å². The highest BCUT2D eigenvalue weighted by Gasteiger charge is 2.19. The first-order chi connectivity index (χ1) is 14.1. The summed E-state index contributed by atoms with van der Waals surface area (Å²) in [4.78, 5) is 12.2. The van der Waals surface area contributed by atoms with Crippen molar-refractivity contribution in [2.45, 2.75) is 38.2 Å². The fourth-order valence-corrected chi connectivity index (χ4v) is 3.86. The zero-order valence-electron chi connectivity index (χ0n) is 16.3. The van der Waals surface area contributed by atoms with E-state index in [2.05, 4.69) is 31.4 Å². The van der Waals surface area contributed by atoms with Crippen LogP contribution in [0.25, 0.3) is 0 Å². The molecule has 3 aromatic rings. The Labute approximate surface area is 183 Å². The largest absolute Gasteiger partial charge is 0.483 e. The highest BCUT2D eigenvalue weighted by atomic mass is 79.9. The molecule has 0 aliphatic carbocycles. The van der Waals surface area contributed by atoms with Gasteiger partial charge in [0.25, 0.3) is 0 Å². The fourth-order valence-electron chi connectivity index (χ4n) is 2.75. The van der Waals surface area contributed by atoms with Gasteiger partial charge in [0.1, 0.15) is 5.75 Å². The number of nitrogens with one attached hydrogen (secondary N) is 1. The number of amides is 1. The predicted octanol–water partition coefficient (Wildman–Crippen LogP) is 4.61. The number of benzene rings is 2. The molecular formula is C21H23BrN4O2S. The zero-order chi connectivity index (χ0) is 20.6. The predicted molar refractivity (Wildman–Crippen MR) is 118 cm³/mol. The summed E-state index contributed by atoms with van der Waals surface area (Å²) in [6.45, 7) is 5.19. The molecule has 0 saturated carbocycles. The van der Waals surface area contributed by atoms with Crippen LogP contribution in [0, 0.1) is 0 Å². The lowest BCUT2D eigenvalue weighted by Gasteiger charge is -2.15. The molecule has 0 spiro atoms. The van der Waals surface area contributed by atoms with Crippen molar-refractivity contribution in [3.8, 4) is 5.75 Å². The Morgan fingerprint density at radius 3 is 2.59 bits per heavy atom. The molecule has 0 saturated heterocycles. The summed E-state index contributed by atoms with van der Waals surface area (Å²) in [5.41, 5.74) is 1.07. The van der Waals surface area contributed by atoms with E-state index in [9.17, 15) is 4.79 Å². The molecule has 1 amide bonds. The van der Waals surface area contributed by atoms with Crippen molar-refractivity contribution in [2.75, 3.05) is 5.75 Å². The molecule has 1 N–H and O–H groups in total. The van der Waals surface area contributed by atoms with Gasteiger partial charge in [-0.3, -0.25) is 4.79 Å². The van der Waals surface area contributed by atoms with Crippen LogP contribution in [-0.2, 0) is 17.9 Å². The van der Waals surface area contributed by atoms with E-state index in [4.69, 9.17) is 4.74 Å². The van der Waals surface area contributed by atoms with Gasteiger partial charge < -0.3 is 14.6 Å². The van der Waals surface area contributed by atoms with Gasteiger partial charge in [-0.2, -0.15) is 0 Å². The van der Waals surface area contributed by atoms with Crippen LogP contribution in [0.5, 0.6) is 5.75 Å². The summed E-state index contributed by atoms with van der Waals surface area (Å²) in [7, 11) is 0. The minimum absolute atomic E-state index is 0.0368. The van der Waals surface area contributed by atoms with Crippen LogP contribution in [0.1, 0.15) is 31.3 Å². The zero-order valence-corrected chi connectivity index (χ0v) is 18.7. The number of nitrogens with zero attached hydrogens (tertiary/aromatic N) is 3. The summed E-state index contributed by atoms with van der Waals surface area (Å²) in [6.07, 6.45) is -0.259. The summed E-state index contributed by atoms with van der Waals surface area (Å²) in [5.74, 6) is 1.75. The molecule has 1 atom stereocenters. The molecular weight excluding hydrogens is 452 g/mol. The molecule has 0 bridgehead atoms. The van der Waals surface area contributed by atoms with Crippen LogP contribution in [0.3, 0.4) is 0 Å². The van der Waals surface area contributed by atoms with Crippen molar-refractivity contribution in [1.82, 2.24) is 20.1 Å². The Balaban J connectivity index is 1.57. The number of carbonyl (C=O) groups excluding carboxylic acids is 1. The van der Waals surface area contributed by atoms with Crippen molar-refractivity contribution >= 4 is 33.6 Å². The van der Waals surface area contributed by atoms with Crippen molar-refractivity contribution in [3.63, 3.8) is 0 Å². The van der Waals surface area contributed by atoms with E-state index in [0.717, 1.165) is 21.6 Å². The number of aromatic nitrogens is 3. The van der Waals surface area contributed by atoms with E-state index in [0.29, 0.717) is 18.2 Å². The van der Waals surface area contributed by atoms with Crippen LogP contribution >= 0.6 is 27.7 Å². The van der Waals surface area contributed by atoms with Gasteiger partial charge >= 0.3 is 0 Å². The summed E-state index contributed by atoms with van der Waals surface area (Å²) >= 11 is 4.80. The first-order valence-corrected chi connectivity index (χ1v) is 11.1. The average Bonchev–Trinajstić information content (AvgIpc) is 3.16. The van der Waals surface area contributed by atoms with E-state index in [1.54, 1.807) is 0 Å². The van der Waals surface area contributed by atoms with Gasteiger partial charge in [0, 0.05) is 17.6 Å². The second-order valence-electron chi connectivity index (χ2n) is 6.35. The third-order valence-corrected chi connectivity index (χ3v) is 5.71. The molecule has 1 unspecified atom stereocenters. The monoisotopic (exact) mass is 474 g/mol. The number of ether oxygens (including phenoxy) is 1. The second-order valence-corrected chi connectivity index (χ2v) is 8.21. The minimum Gasteiger partial charge on any atom is -0.483 e. The minimum atomic E-state index is -0.259. The molecule has 152 valence electrons. The summed E-state index contributed by atoms with van der Waals surface area (Å²) < 4.78 is 8.98. The maximum atomic E-state index is 12.2. The van der Waals surface area contributed by atoms with Gasteiger partial charge in [-0.05, 0) is 43.7 Å². The van der Waals surface area contributed by atoms with Gasteiger partial charge in [-0.15, -0.1) is 10.2 Å². The van der Waals surface area contributed by atoms with Crippen LogP contribution in [0.15, 0.2) is 64.2 Å². The third kappa shape index (κ3) is 6.08. The Bertz CT molecular complexity index is 932. The lowest BCUT2D eigenvalue weighted by molar-refractivity contribution is -0.118. The van der Waals surface area contributed by atoms with Crippen LogP contribution in [-0.4, -0.2) is 26.4 Å². The molecule has 3 rings (SSSR count). The molecule has 0 aliphatic heterocycles. The number of hydrogen-bond acceptors (Lipinski definition) is 5.